The Morgan fingerprint density at radius 1 is 1.32 bits per heavy atom. The van der Waals surface area contributed by atoms with E-state index in [0.29, 0.717) is 12.6 Å². The minimum Gasteiger partial charge on any atom is -0.309 e. The second kappa shape index (κ2) is 5.78. The Hall–Kier alpha value is -1.20. The van der Waals surface area contributed by atoms with Crippen LogP contribution in [0.2, 0.25) is 0 Å². The summed E-state index contributed by atoms with van der Waals surface area (Å²) in [6, 6.07) is 0.596. The number of hydrogen-bond donors (Lipinski definition) is 2. The minimum absolute atomic E-state index is 0.0558. The van der Waals surface area contributed by atoms with E-state index in [1.807, 2.05) is 0 Å². The molecule has 0 spiro atoms. The fourth-order valence-corrected chi connectivity index (χ4v) is 5.25. The van der Waals surface area contributed by atoms with Gasteiger partial charge in [0.2, 0.25) is 0 Å². The zero-order chi connectivity index (χ0) is 15.1. The maximum Gasteiger partial charge on any atom is 0.259 e. The van der Waals surface area contributed by atoms with Gasteiger partial charge in [0, 0.05) is 10.9 Å². The summed E-state index contributed by atoms with van der Waals surface area (Å²) >= 11 is 1.73. The molecular weight excluding hydrogens is 294 g/mol. The maximum atomic E-state index is 12.5. The molecular formula is C17H23N3OS. The molecule has 2 N–H and O–H groups in total. The van der Waals surface area contributed by atoms with E-state index in [0.717, 1.165) is 34.8 Å². The summed E-state index contributed by atoms with van der Waals surface area (Å²) in [6.07, 6.45) is 8.44. The number of nitrogens with one attached hydrogen (secondary N) is 2. The highest BCUT2D eigenvalue weighted by molar-refractivity contribution is 7.18. The fourth-order valence-electron chi connectivity index (χ4n) is 3.85. The van der Waals surface area contributed by atoms with E-state index in [9.17, 15) is 4.79 Å². The smallest absolute Gasteiger partial charge is 0.259 e. The molecule has 118 valence electrons. The third-order valence-electron chi connectivity index (χ3n) is 5.13. The molecule has 1 unspecified atom stereocenters. The van der Waals surface area contributed by atoms with Gasteiger partial charge in [0.15, 0.2) is 0 Å². The summed E-state index contributed by atoms with van der Waals surface area (Å²) in [5, 5.41) is 4.39. The van der Waals surface area contributed by atoms with Gasteiger partial charge in [-0.1, -0.05) is 19.8 Å². The Kier molecular flexibility index (Phi) is 3.78. The molecule has 1 fully saturated rings. The van der Waals surface area contributed by atoms with Gasteiger partial charge >= 0.3 is 0 Å². The molecule has 2 aliphatic rings. The molecule has 0 amide bonds. The number of aromatic amines is 1. The Morgan fingerprint density at radius 3 is 2.95 bits per heavy atom. The van der Waals surface area contributed by atoms with Crippen molar-refractivity contribution in [3.05, 3.63) is 26.6 Å². The van der Waals surface area contributed by atoms with Crippen molar-refractivity contribution < 1.29 is 0 Å². The highest BCUT2D eigenvalue weighted by Gasteiger charge is 2.23. The topological polar surface area (TPSA) is 57.8 Å². The lowest BCUT2D eigenvalue weighted by atomic mass is 9.89. The molecule has 2 aromatic rings. The van der Waals surface area contributed by atoms with Gasteiger partial charge in [-0.15, -0.1) is 11.3 Å². The number of aryl methyl sites for hydroxylation is 1. The van der Waals surface area contributed by atoms with Crippen LogP contribution < -0.4 is 10.9 Å². The summed E-state index contributed by atoms with van der Waals surface area (Å²) in [6.45, 7) is 2.97. The van der Waals surface area contributed by atoms with Gasteiger partial charge in [0.1, 0.15) is 10.7 Å². The number of thiophene rings is 1. The van der Waals surface area contributed by atoms with E-state index < -0.39 is 0 Å². The fraction of sp³-hybridized carbons (Fsp3) is 0.647. The number of nitrogens with zero attached hydrogens (tertiary/aromatic N) is 1. The SMILES string of the molecule is CC1CCc2c(sc3nc(CNC4CCCC4)[nH]c(=O)c23)C1. The highest BCUT2D eigenvalue weighted by atomic mass is 32.1. The van der Waals surface area contributed by atoms with Crippen molar-refractivity contribution in [3.63, 3.8) is 0 Å². The molecule has 22 heavy (non-hydrogen) atoms. The first-order chi connectivity index (χ1) is 10.7. The lowest BCUT2D eigenvalue weighted by Gasteiger charge is -2.17. The van der Waals surface area contributed by atoms with Crippen molar-refractivity contribution in [2.75, 3.05) is 0 Å². The molecule has 4 nitrogen and oxygen atoms in total. The molecule has 2 aliphatic carbocycles. The van der Waals surface area contributed by atoms with Gasteiger partial charge in [0.05, 0.1) is 11.9 Å². The molecule has 5 heteroatoms. The van der Waals surface area contributed by atoms with Crippen LogP contribution in [0.5, 0.6) is 0 Å². The third kappa shape index (κ3) is 2.61. The summed E-state index contributed by atoms with van der Waals surface area (Å²) in [5.74, 6) is 1.51. The van der Waals surface area contributed by atoms with Crippen molar-refractivity contribution >= 4 is 21.6 Å². The quantitative estimate of drug-likeness (QED) is 0.914. The van der Waals surface area contributed by atoms with Gasteiger partial charge < -0.3 is 10.3 Å². The minimum atomic E-state index is 0.0558. The van der Waals surface area contributed by atoms with Gasteiger partial charge in [-0.3, -0.25) is 4.79 Å². The number of fused-ring (bicyclic) bond motifs is 3. The van der Waals surface area contributed by atoms with E-state index in [4.69, 9.17) is 4.98 Å². The van der Waals surface area contributed by atoms with Crippen LogP contribution in [0.4, 0.5) is 0 Å². The van der Waals surface area contributed by atoms with Crippen LogP contribution >= 0.6 is 11.3 Å². The van der Waals surface area contributed by atoms with Gasteiger partial charge in [0.25, 0.3) is 5.56 Å². The van der Waals surface area contributed by atoms with Crippen molar-refractivity contribution in [2.24, 2.45) is 5.92 Å². The van der Waals surface area contributed by atoms with Crippen LogP contribution in [0.3, 0.4) is 0 Å². The standard InChI is InChI=1S/C17H23N3OS/c1-10-6-7-12-13(8-10)22-17-15(12)16(21)19-14(20-17)9-18-11-4-2-3-5-11/h10-11,18H,2-9H2,1H3,(H,19,20,21). The third-order valence-corrected chi connectivity index (χ3v) is 6.28. The Balaban J connectivity index is 1.63. The lowest BCUT2D eigenvalue weighted by Crippen LogP contribution is -2.27. The second-order valence-electron chi connectivity index (χ2n) is 6.91. The van der Waals surface area contributed by atoms with Crippen molar-refractivity contribution in [1.29, 1.82) is 0 Å². The van der Waals surface area contributed by atoms with Crippen LogP contribution in [0.25, 0.3) is 10.2 Å². The zero-order valence-corrected chi connectivity index (χ0v) is 13.9. The Morgan fingerprint density at radius 2 is 2.14 bits per heavy atom. The monoisotopic (exact) mass is 317 g/mol. The molecule has 1 atom stereocenters. The average Bonchev–Trinajstić information content (AvgIpc) is 3.11. The lowest BCUT2D eigenvalue weighted by molar-refractivity contribution is 0.509. The summed E-state index contributed by atoms with van der Waals surface area (Å²) < 4.78 is 0. The Labute approximate surface area is 134 Å². The number of aromatic nitrogens is 2. The van der Waals surface area contributed by atoms with E-state index in [-0.39, 0.29) is 5.56 Å². The van der Waals surface area contributed by atoms with E-state index in [1.165, 1.54) is 42.5 Å². The Bertz CT molecular complexity index is 742. The first-order valence-corrected chi connectivity index (χ1v) is 9.29. The average molecular weight is 317 g/mol. The van der Waals surface area contributed by atoms with E-state index >= 15 is 0 Å². The summed E-state index contributed by atoms with van der Waals surface area (Å²) in [7, 11) is 0. The normalized spacial score (nSPS) is 22.3. The first-order valence-electron chi connectivity index (χ1n) is 8.47. The van der Waals surface area contributed by atoms with Crippen molar-refractivity contribution in [3.8, 4) is 0 Å². The second-order valence-corrected chi connectivity index (χ2v) is 7.99. The van der Waals surface area contributed by atoms with Gasteiger partial charge in [-0.2, -0.15) is 0 Å². The molecule has 2 aromatic heterocycles. The van der Waals surface area contributed by atoms with Gasteiger partial charge in [-0.25, -0.2) is 4.98 Å². The largest absolute Gasteiger partial charge is 0.309 e. The molecule has 4 rings (SSSR count). The molecule has 0 bridgehead atoms. The van der Waals surface area contributed by atoms with Crippen LogP contribution in [0.15, 0.2) is 4.79 Å². The van der Waals surface area contributed by atoms with E-state index in [1.54, 1.807) is 11.3 Å². The van der Waals surface area contributed by atoms with Gasteiger partial charge in [-0.05, 0) is 43.6 Å². The highest BCUT2D eigenvalue weighted by Crippen LogP contribution is 2.35. The van der Waals surface area contributed by atoms with Crippen molar-refractivity contribution in [1.82, 2.24) is 15.3 Å². The number of rotatable bonds is 3. The van der Waals surface area contributed by atoms with Crippen LogP contribution in [0, 0.1) is 5.92 Å². The first kappa shape index (κ1) is 14.4. The van der Waals surface area contributed by atoms with Crippen LogP contribution in [-0.4, -0.2) is 16.0 Å². The summed E-state index contributed by atoms with van der Waals surface area (Å²) in [4.78, 5) is 22.5. The number of hydrogen-bond acceptors (Lipinski definition) is 4. The van der Waals surface area contributed by atoms with E-state index in [2.05, 4.69) is 17.2 Å². The molecule has 0 radical (unpaired) electrons. The van der Waals surface area contributed by atoms with Crippen molar-refractivity contribution in [2.45, 2.75) is 64.5 Å². The zero-order valence-electron chi connectivity index (χ0n) is 13.1. The molecule has 0 saturated heterocycles. The van der Waals surface area contributed by atoms with Crippen LogP contribution in [0.1, 0.15) is 55.3 Å². The molecule has 2 heterocycles. The molecule has 0 aromatic carbocycles. The predicted octanol–water partition coefficient (Wildman–Crippen LogP) is 3.14. The number of H-pyrrole nitrogens is 1. The summed E-state index contributed by atoms with van der Waals surface area (Å²) in [5.41, 5.74) is 1.32. The predicted molar refractivity (Wildman–Crippen MR) is 90.5 cm³/mol. The molecule has 0 aliphatic heterocycles. The maximum absolute atomic E-state index is 12.5. The van der Waals surface area contributed by atoms with Crippen LogP contribution in [-0.2, 0) is 19.4 Å². The molecule has 1 saturated carbocycles.